The van der Waals surface area contributed by atoms with Crippen molar-refractivity contribution in [2.24, 2.45) is 0 Å². The summed E-state index contributed by atoms with van der Waals surface area (Å²) < 4.78 is 29.8. The Morgan fingerprint density at radius 3 is 2.42 bits per heavy atom. The number of methoxy groups -OCH3 is 3. The molecule has 0 saturated carbocycles. The van der Waals surface area contributed by atoms with Gasteiger partial charge in [-0.25, -0.2) is 4.39 Å². The van der Waals surface area contributed by atoms with E-state index < -0.39 is 11.3 Å². The van der Waals surface area contributed by atoms with E-state index in [4.69, 9.17) is 14.2 Å². The molecule has 31 heavy (non-hydrogen) atoms. The molecule has 0 aliphatic carbocycles. The van der Waals surface area contributed by atoms with Gasteiger partial charge in [-0.1, -0.05) is 18.2 Å². The van der Waals surface area contributed by atoms with Crippen LogP contribution < -0.4 is 24.8 Å². The Bertz CT molecular complexity index is 930. The summed E-state index contributed by atoms with van der Waals surface area (Å²) in [5.41, 5.74) is 1.25. The van der Waals surface area contributed by atoms with Crippen molar-refractivity contribution in [3.8, 4) is 17.2 Å². The molecule has 1 saturated heterocycles. The molecule has 0 aromatic heterocycles. The number of carbonyl (C=O) groups is 2. The average molecular weight is 449 g/mol. The lowest BCUT2D eigenvalue weighted by Crippen LogP contribution is -2.54. The summed E-state index contributed by atoms with van der Waals surface area (Å²) in [5.74, 6) is 0.961. The summed E-state index contributed by atoms with van der Waals surface area (Å²) in [6, 6.07) is 9.24. The van der Waals surface area contributed by atoms with Crippen molar-refractivity contribution in [2.75, 3.05) is 27.1 Å². The molecule has 2 aromatic carbocycles. The second kappa shape index (κ2) is 10.4. The van der Waals surface area contributed by atoms with E-state index in [0.29, 0.717) is 28.6 Å². The predicted octanol–water partition coefficient (Wildman–Crippen LogP) is 2.31. The Morgan fingerprint density at radius 2 is 1.84 bits per heavy atom. The predicted molar refractivity (Wildman–Crippen MR) is 116 cm³/mol. The number of rotatable bonds is 8. The number of nitrogens with one attached hydrogen (secondary N) is 2. The quantitative estimate of drug-likeness (QED) is 0.645. The fourth-order valence-electron chi connectivity index (χ4n) is 3.30. The molecule has 2 amide bonds. The van der Waals surface area contributed by atoms with Crippen LogP contribution in [0.5, 0.6) is 17.2 Å². The average Bonchev–Trinajstić information content (AvgIpc) is 2.79. The van der Waals surface area contributed by atoms with E-state index in [-0.39, 0.29) is 30.6 Å². The van der Waals surface area contributed by atoms with Crippen molar-refractivity contribution in [1.29, 1.82) is 0 Å². The van der Waals surface area contributed by atoms with Gasteiger partial charge < -0.3 is 24.8 Å². The molecular formula is C22H25FN2O5S. The van der Waals surface area contributed by atoms with Crippen LogP contribution in [0.3, 0.4) is 0 Å². The molecule has 2 N–H and O–H groups in total. The number of thioether (sulfide) groups is 1. The number of amides is 2. The molecular weight excluding hydrogens is 423 g/mol. The van der Waals surface area contributed by atoms with Crippen molar-refractivity contribution in [1.82, 2.24) is 10.6 Å². The van der Waals surface area contributed by atoms with Gasteiger partial charge in [-0.2, -0.15) is 0 Å². The Kier molecular flexibility index (Phi) is 7.62. The summed E-state index contributed by atoms with van der Waals surface area (Å²) in [5, 5.41) is 5.13. The van der Waals surface area contributed by atoms with Crippen LogP contribution in [0.4, 0.5) is 4.39 Å². The first-order chi connectivity index (χ1) is 15.0. The van der Waals surface area contributed by atoms with E-state index in [9.17, 15) is 14.0 Å². The summed E-state index contributed by atoms with van der Waals surface area (Å²) in [7, 11) is 4.56. The molecule has 0 spiro atoms. The van der Waals surface area contributed by atoms with Crippen LogP contribution in [0, 0.1) is 5.82 Å². The Morgan fingerprint density at radius 1 is 1.16 bits per heavy atom. The van der Waals surface area contributed by atoms with E-state index in [2.05, 4.69) is 10.6 Å². The van der Waals surface area contributed by atoms with Gasteiger partial charge in [0.25, 0.3) is 0 Å². The second-order valence-corrected chi connectivity index (χ2v) is 8.17. The van der Waals surface area contributed by atoms with Crippen LogP contribution in [0.15, 0.2) is 36.4 Å². The molecule has 1 aliphatic rings. The molecule has 9 heteroatoms. The smallest absolute Gasteiger partial charge is 0.243 e. The van der Waals surface area contributed by atoms with Crippen molar-refractivity contribution in [3.63, 3.8) is 0 Å². The first kappa shape index (κ1) is 22.7. The highest BCUT2D eigenvalue weighted by Gasteiger charge is 2.32. The van der Waals surface area contributed by atoms with E-state index in [1.807, 2.05) is 0 Å². The SMILES string of the molecule is COc1cc(CNC(=O)[C@H]2CS[C@@H](Cc3ccccc3F)C(=O)N2)cc(OC)c1OC. The molecule has 2 atom stereocenters. The van der Waals surface area contributed by atoms with Crippen LogP contribution >= 0.6 is 11.8 Å². The fraction of sp³-hybridized carbons (Fsp3) is 0.364. The Hall–Kier alpha value is -2.94. The van der Waals surface area contributed by atoms with Crippen molar-refractivity contribution in [2.45, 2.75) is 24.3 Å². The molecule has 1 fully saturated rings. The van der Waals surface area contributed by atoms with E-state index >= 15 is 0 Å². The highest BCUT2D eigenvalue weighted by atomic mass is 32.2. The number of halogens is 1. The van der Waals surface area contributed by atoms with Crippen molar-refractivity contribution in [3.05, 3.63) is 53.3 Å². The largest absolute Gasteiger partial charge is 0.493 e. The van der Waals surface area contributed by atoms with Crippen LogP contribution in [-0.4, -0.2) is 50.2 Å². The summed E-state index contributed by atoms with van der Waals surface area (Å²) in [6.45, 7) is 0.227. The highest BCUT2D eigenvalue weighted by Crippen LogP contribution is 2.38. The summed E-state index contributed by atoms with van der Waals surface area (Å²) in [6.07, 6.45) is 0.281. The standard InChI is InChI=1S/C22H25FN2O5S/c1-28-17-8-13(9-18(29-2)20(17)30-3)11-24-21(26)16-12-31-19(22(27)25-16)10-14-6-4-5-7-15(14)23/h4-9,16,19H,10-12H2,1-3H3,(H,24,26)(H,25,27)/t16-,19+/m1/s1. The van der Waals surface area contributed by atoms with Crippen LogP contribution in [0.2, 0.25) is 0 Å². The van der Waals surface area contributed by atoms with Crippen LogP contribution in [0.1, 0.15) is 11.1 Å². The molecule has 1 aliphatic heterocycles. The molecule has 7 nitrogen and oxygen atoms in total. The van der Waals surface area contributed by atoms with Gasteiger partial charge in [0.2, 0.25) is 17.6 Å². The lowest BCUT2D eigenvalue weighted by Gasteiger charge is -2.28. The zero-order valence-corrected chi connectivity index (χ0v) is 18.4. The van der Waals surface area contributed by atoms with E-state index in [0.717, 1.165) is 5.56 Å². The maximum atomic E-state index is 13.9. The zero-order chi connectivity index (χ0) is 22.4. The van der Waals surface area contributed by atoms with E-state index in [1.54, 1.807) is 30.3 Å². The van der Waals surface area contributed by atoms with Gasteiger partial charge in [-0.05, 0) is 35.7 Å². The maximum absolute atomic E-state index is 13.9. The number of benzene rings is 2. The molecule has 1 heterocycles. The number of hydrogen-bond donors (Lipinski definition) is 2. The first-order valence-corrected chi connectivity index (χ1v) is 10.7. The van der Waals surface area contributed by atoms with E-state index in [1.165, 1.54) is 39.2 Å². The topological polar surface area (TPSA) is 85.9 Å². The summed E-state index contributed by atoms with van der Waals surface area (Å²) >= 11 is 1.35. The third kappa shape index (κ3) is 5.41. The molecule has 3 rings (SSSR count). The monoisotopic (exact) mass is 448 g/mol. The van der Waals surface area contributed by atoms with Gasteiger partial charge in [0.05, 0.1) is 26.6 Å². The Balaban J connectivity index is 1.58. The minimum Gasteiger partial charge on any atom is -0.493 e. The summed E-state index contributed by atoms with van der Waals surface area (Å²) in [4.78, 5) is 25.0. The van der Waals surface area contributed by atoms with Gasteiger partial charge in [0.15, 0.2) is 11.5 Å². The number of ether oxygens (including phenoxy) is 3. The van der Waals surface area contributed by atoms with Gasteiger partial charge in [-0.15, -0.1) is 11.8 Å². The lowest BCUT2D eigenvalue weighted by atomic mass is 10.1. The maximum Gasteiger partial charge on any atom is 0.243 e. The van der Waals surface area contributed by atoms with Crippen LogP contribution in [-0.2, 0) is 22.6 Å². The molecule has 166 valence electrons. The molecule has 2 aromatic rings. The van der Waals surface area contributed by atoms with Crippen molar-refractivity contribution < 1.29 is 28.2 Å². The van der Waals surface area contributed by atoms with Crippen LogP contribution in [0.25, 0.3) is 0 Å². The number of hydrogen-bond acceptors (Lipinski definition) is 6. The third-order valence-electron chi connectivity index (χ3n) is 4.94. The van der Waals surface area contributed by atoms with Gasteiger partial charge in [0, 0.05) is 12.3 Å². The first-order valence-electron chi connectivity index (χ1n) is 9.68. The van der Waals surface area contributed by atoms with Gasteiger partial charge >= 0.3 is 0 Å². The molecule has 0 unspecified atom stereocenters. The van der Waals surface area contributed by atoms with Crippen molar-refractivity contribution >= 4 is 23.6 Å². The minimum absolute atomic E-state index is 0.227. The lowest BCUT2D eigenvalue weighted by molar-refractivity contribution is -0.128. The Labute approximate surface area is 184 Å². The highest BCUT2D eigenvalue weighted by molar-refractivity contribution is 8.00. The van der Waals surface area contributed by atoms with Gasteiger partial charge in [-0.3, -0.25) is 9.59 Å². The fourth-order valence-corrected chi connectivity index (χ4v) is 4.48. The molecule has 0 radical (unpaired) electrons. The second-order valence-electron chi connectivity index (χ2n) is 6.93. The third-order valence-corrected chi connectivity index (χ3v) is 6.25. The minimum atomic E-state index is -0.656. The van der Waals surface area contributed by atoms with Gasteiger partial charge in [0.1, 0.15) is 11.9 Å². The number of carbonyl (C=O) groups excluding carboxylic acids is 2. The normalized spacial score (nSPS) is 18.1. The molecule has 0 bridgehead atoms. The zero-order valence-electron chi connectivity index (χ0n) is 17.6.